The molecule has 0 unspecified atom stereocenters. The number of benzene rings is 2. The van der Waals surface area contributed by atoms with Gasteiger partial charge in [0.15, 0.2) is 5.69 Å². The Labute approximate surface area is 154 Å². The van der Waals surface area contributed by atoms with Crippen molar-refractivity contribution in [2.75, 3.05) is 5.32 Å². The maximum absolute atomic E-state index is 13.2. The van der Waals surface area contributed by atoms with Gasteiger partial charge in [-0.2, -0.15) is 5.10 Å². The van der Waals surface area contributed by atoms with Crippen LogP contribution in [0.2, 0.25) is 5.02 Å². The van der Waals surface area contributed by atoms with Gasteiger partial charge in [-0.15, -0.1) is 0 Å². The molecule has 1 N–H and O–H groups in total. The molecule has 1 amide bonds. The van der Waals surface area contributed by atoms with Crippen LogP contribution in [0.15, 0.2) is 53.3 Å². The Morgan fingerprint density at radius 1 is 1.15 bits per heavy atom. The summed E-state index contributed by atoms with van der Waals surface area (Å²) in [6.07, 6.45) is 0. The van der Waals surface area contributed by atoms with Crippen molar-refractivity contribution < 1.29 is 9.18 Å². The van der Waals surface area contributed by atoms with Crippen molar-refractivity contribution >= 4 is 23.2 Å². The van der Waals surface area contributed by atoms with Crippen LogP contribution in [0.3, 0.4) is 0 Å². The average Bonchev–Trinajstić information content (AvgIpc) is 2.58. The van der Waals surface area contributed by atoms with Crippen molar-refractivity contribution in [3.63, 3.8) is 0 Å². The Bertz CT molecular complexity index is 1060. The lowest BCUT2D eigenvalue weighted by molar-refractivity contribution is 0.101. The predicted octanol–water partition coefficient (Wildman–Crippen LogP) is 3.89. The summed E-state index contributed by atoms with van der Waals surface area (Å²) in [6, 6.07) is 12.3. The SMILES string of the molecule is Cc1cc(F)ccc1NC(=O)c1nn(-c2ccccc2Cl)c(C)cc1=O. The highest BCUT2D eigenvalue weighted by molar-refractivity contribution is 6.32. The number of para-hydroxylation sites is 1. The van der Waals surface area contributed by atoms with Gasteiger partial charge in [0.2, 0.25) is 5.43 Å². The van der Waals surface area contributed by atoms with Gasteiger partial charge in [-0.1, -0.05) is 23.7 Å². The Balaban J connectivity index is 2.02. The van der Waals surface area contributed by atoms with Crippen LogP contribution < -0.4 is 10.7 Å². The number of nitrogens with zero attached hydrogens (tertiary/aromatic N) is 2. The first kappa shape index (κ1) is 17.8. The first-order valence-electron chi connectivity index (χ1n) is 7.80. The highest BCUT2D eigenvalue weighted by Gasteiger charge is 2.17. The van der Waals surface area contributed by atoms with Gasteiger partial charge >= 0.3 is 0 Å². The van der Waals surface area contributed by atoms with E-state index in [1.165, 1.54) is 28.9 Å². The average molecular weight is 372 g/mol. The minimum atomic E-state index is -0.675. The number of nitrogens with one attached hydrogen (secondary N) is 1. The molecule has 0 atom stereocenters. The van der Waals surface area contributed by atoms with E-state index in [0.29, 0.717) is 27.7 Å². The van der Waals surface area contributed by atoms with Gasteiger partial charge in [-0.3, -0.25) is 9.59 Å². The number of amides is 1. The molecule has 26 heavy (non-hydrogen) atoms. The third kappa shape index (κ3) is 3.50. The van der Waals surface area contributed by atoms with Crippen LogP contribution in [0.25, 0.3) is 5.69 Å². The Morgan fingerprint density at radius 2 is 1.88 bits per heavy atom. The van der Waals surface area contributed by atoms with Crippen LogP contribution in [0, 0.1) is 19.7 Å². The molecular weight excluding hydrogens is 357 g/mol. The summed E-state index contributed by atoms with van der Waals surface area (Å²) >= 11 is 6.19. The van der Waals surface area contributed by atoms with E-state index in [2.05, 4.69) is 10.4 Å². The fourth-order valence-electron chi connectivity index (χ4n) is 2.52. The maximum Gasteiger partial charge on any atom is 0.280 e. The number of anilines is 1. The second-order valence-corrected chi connectivity index (χ2v) is 6.18. The minimum Gasteiger partial charge on any atom is -0.320 e. The second-order valence-electron chi connectivity index (χ2n) is 5.78. The Morgan fingerprint density at radius 3 is 2.58 bits per heavy atom. The summed E-state index contributed by atoms with van der Waals surface area (Å²) in [4.78, 5) is 24.8. The lowest BCUT2D eigenvalue weighted by Crippen LogP contribution is -2.27. The molecule has 0 saturated carbocycles. The number of carbonyl (C=O) groups excluding carboxylic acids is 1. The highest BCUT2D eigenvalue weighted by Crippen LogP contribution is 2.20. The van der Waals surface area contributed by atoms with Gasteiger partial charge in [0.1, 0.15) is 5.82 Å². The van der Waals surface area contributed by atoms with E-state index in [1.807, 2.05) is 0 Å². The zero-order chi connectivity index (χ0) is 18.8. The highest BCUT2D eigenvalue weighted by atomic mass is 35.5. The summed E-state index contributed by atoms with van der Waals surface area (Å²) in [5.74, 6) is -1.08. The van der Waals surface area contributed by atoms with Gasteiger partial charge in [-0.05, 0) is 49.7 Å². The lowest BCUT2D eigenvalue weighted by atomic mass is 10.2. The van der Waals surface area contributed by atoms with Crippen molar-refractivity contribution in [2.24, 2.45) is 0 Å². The van der Waals surface area contributed by atoms with Crippen LogP contribution >= 0.6 is 11.6 Å². The van der Waals surface area contributed by atoms with Crippen LogP contribution in [0.5, 0.6) is 0 Å². The number of halogens is 2. The normalized spacial score (nSPS) is 10.6. The first-order valence-corrected chi connectivity index (χ1v) is 8.18. The van der Waals surface area contributed by atoms with Gasteiger partial charge in [0.05, 0.1) is 10.7 Å². The monoisotopic (exact) mass is 371 g/mol. The lowest BCUT2D eigenvalue weighted by Gasteiger charge is -2.13. The Hall–Kier alpha value is -2.99. The molecule has 0 spiro atoms. The number of hydrogen-bond acceptors (Lipinski definition) is 3. The summed E-state index contributed by atoms with van der Waals surface area (Å²) in [5, 5.41) is 7.21. The molecule has 0 bridgehead atoms. The molecule has 3 aromatic rings. The van der Waals surface area contributed by atoms with E-state index in [9.17, 15) is 14.0 Å². The molecule has 0 fully saturated rings. The maximum atomic E-state index is 13.2. The largest absolute Gasteiger partial charge is 0.320 e. The zero-order valence-corrected chi connectivity index (χ0v) is 14.8. The molecule has 1 aromatic heterocycles. The number of carbonyl (C=O) groups is 1. The Kier molecular flexibility index (Phi) is 4.86. The van der Waals surface area contributed by atoms with E-state index < -0.39 is 17.2 Å². The molecule has 0 aliphatic heterocycles. The molecule has 2 aromatic carbocycles. The second kappa shape index (κ2) is 7.09. The van der Waals surface area contributed by atoms with Crippen molar-refractivity contribution in [3.8, 4) is 5.69 Å². The third-order valence-electron chi connectivity index (χ3n) is 3.84. The predicted molar refractivity (Wildman–Crippen MR) is 98.7 cm³/mol. The quantitative estimate of drug-likeness (QED) is 0.759. The minimum absolute atomic E-state index is 0.278. The first-order chi connectivity index (χ1) is 12.4. The number of hydrogen-bond donors (Lipinski definition) is 1. The topological polar surface area (TPSA) is 64.0 Å². The summed E-state index contributed by atoms with van der Waals surface area (Å²) < 4.78 is 14.6. The van der Waals surface area contributed by atoms with E-state index in [-0.39, 0.29) is 5.69 Å². The molecule has 0 radical (unpaired) electrons. The molecule has 5 nitrogen and oxygen atoms in total. The summed E-state index contributed by atoms with van der Waals surface area (Å²) in [7, 11) is 0. The van der Waals surface area contributed by atoms with Gasteiger partial charge in [0, 0.05) is 17.4 Å². The zero-order valence-electron chi connectivity index (χ0n) is 14.1. The van der Waals surface area contributed by atoms with Crippen molar-refractivity contribution in [2.45, 2.75) is 13.8 Å². The standard InChI is InChI=1S/C19H15ClFN3O2/c1-11-9-13(21)7-8-15(11)22-19(26)18-17(25)10-12(2)24(23-18)16-6-4-3-5-14(16)20/h3-10H,1-2H3,(H,22,26). The van der Waals surface area contributed by atoms with Crippen molar-refractivity contribution in [3.05, 3.63) is 86.5 Å². The van der Waals surface area contributed by atoms with E-state index in [4.69, 9.17) is 11.6 Å². The smallest absolute Gasteiger partial charge is 0.280 e. The van der Waals surface area contributed by atoms with Crippen molar-refractivity contribution in [1.82, 2.24) is 9.78 Å². The molecular formula is C19H15ClFN3O2. The van der Waals surface area contributed by atoms with Crippen molar-refractivity contribution in [1.29, 1.82) is 0 Å². The molecule has 0 saturated heterocycles. The van der Waals surface area contributed by atoms with Crippen LogP contribution in [0.1, 0.15) is 21.7 Å². The fraction of sp³-hybridized carbons (Fsp3) is 0.105. The van der Waals surface area contributed by atoms with Gasteiger partial charge in [-0.25, -0.2) is 9.07 Å². The summed E-state index contributed by atoms with van der Waals surface area (Å²) in [6.45, 7) is 3.35. The molecule has 7 heteroatoms. The molecule has 132 valence electrons. The number of aromatic nitrogens is 2. The van der Waals surface area contributed by atoms with Crippen LogP contribution in [-0.2, 0) is 0 Å². The molecule has 1 heterocycles. The summed E-state index contributed by atoms with van der Waals surface area (Å²) in [5.41, 5.74) is 1.25. The van der Waals surface area contributed by atoms with Crippen LogP contribution in [-0.4, -0.2) is 15.7 Å². The van der Waals surface area contributed by atoms with Gasteiger partial charge in [0.25, 0.3) is 5.91 Å². The fourth-order valence-corrected chi connectivity index (χ4v) is 2.74. The number of aryl methyl sites for hydroxylation is 2. The molecule has 0 aliphatic carbocycles. The number of rotatable bonds is 3. The molecule has 0 aliphatic rings. The van der Waals surface area contributed by atoms with Crippen LogP contribution in [0.4, 0.5) is 10.1 Å². The molecule has 3 rings (SSSR count). The van der Waals surface area contributed by atoms with E-state index >= 15 is 0 Å². The van der Waals surface area contributed by atoms with E-state index in [0.717, 1.165) is 0 Å². The third-order valence-corrected chi connectivity index (χ3v) is 4.16. The van der Waals surface area contributed by atoms with Gasteiger partial charge < -0.3 is 5.32 Å². The van der Waals surface area contributed by atoms with E-state index in [1.54, 1.807) is 38.1 Å².